The first kappa shape index (κ1) is 14.6. The van der Waals surface area contributed by atoms with E-state index in [0.29, 0.717) is 0 Å². The molecule has 27 heavy (non-hydrogen) atoms. The fraction of sp³-hybridized carbons (Fsp3) is 0.0400. The SMILES string of the molecule is C1=CC2(C=Cc3c(ccc4cc5ccccc5cc34)O2)Oc2ccccc21. The molecule has 0 radical (unpaired) electrons. The predicted octanol–water partition coefficient (Wildman–Crippen LogP) is 6.20. The maximum Gasteiger partial charge on any atom is 0.291 e. The molecule has 2 heterocycles. The van der Waals surface area contributed by atoms with Crippen LogP contribution >= 0.6 is 0 Å². The minimum Gasteiger partial charge on any atom is -0.445 e. The molecule has 0 saturated carbocycles. The Morgan fingerprint density at radius 3 is 2.26 bits per heavy atom. The summed E-state index contributed by atoms with van der Waals surface area (Å²) >= 11 is 0. The van der Waals surface area contributed by atoms with E-state index in [1.807, 2.05) is 42.5 Å². The van der Waals surface area contributed by atoms with Crippen molar-refractivity contribution in [3.8, 4) is 11.5 Å². The van der Waals surface area contributed by atoms with Gasteiger partial charge in [-0.1, -0.05) is 48.5 Å². The Labute approximate surface area is 157 Å². The van der Waals surface area contributed by atoms with Crippen molar-refractivity contribution in [3.63, 3.8) is 0 Å². The van der Waals surface area contributed by atoms with E-state index >= 15 is 0 Å². The van der Waals surface area contributed by atoms with Gasteiger partial charge >= 0.3 is 0 Å². The van der Waals surface area contributed by atoms with E-state index < -0.39 is 5.79 Å². The number of fused-ring (bicyclic) bond motifs is 5. The summed E-state index contributed by atoms with van der Waals surface area (Å²) in [6.07, 6.45) is 8.15. The van der Waals surface area contributed by atoms with Crippen LogP contribution in [0, 0.1) is 0 Å². The fourth-order valence-electron chi connectivity index (χ4n) is 3.95. The van der Waals surface area contributed by atoms with Gasteiger partial charge in [-0.3, -0.25) is 0 Å². The molecule has 2 heteroatoms. The predicted molar refractivity (Wildman–Crippen MR) is 110 cm³/mol. The summed E-state index contributed by atoms with van der Waals surface area (Å²) in [6, 6.07) is 25.1. The lowest BCUT2D eigenvalue weighted by molar-refractivity contribution is -0.0306. The molecule has 4 aromatic carbocycles. The molecule has 0 bridgehead atoms. The third-order valence-electron chi connectivity index (χ3n) is 5.32. The summed E-state index contributed by atoms with van der Waals surface area (Å²) in [7, 11) is 0. The monoisotopic (exact) mass is 348 g/mol. The van der Waals surface area contributed by atoms with Gasteiger partial charge in [-0.2, -0.15) is 0 Å². The van der Waals surface area contributed by atoms with Gasteiger partial charge in [0, 0.05) is 23.3 Å². The van der Waals surface area contributed by atoms with Crippen molar-refractivity contribution >= 4 is 33.7 Å². The molecule has 2 aliphatic rings. The van der Waals surface area contributed by atoms with Crippen LogP contribution in [0.4, 0.5) is 0 Å². The Morgan fingerprint density at radius 2 is 1.33 bits per heavy atom. The van der Waals surface area contributed by atoms with Crippen molar-refractivity contribution in [2.45, 2.75) is 5.79 Å². The van der Waals surface area contributed by atoms with E-state index in [2.05, 4.69) is 54.6 Å². The number of hydrogen-bond acceptors (Lipinski definition) is 2. The molecule has 0 N–H and O–H groups in total. The number of benzene rings is 4. The highest BCUT2D eigenvalue weighted by atomic mass is 16.7. The summed E-state index contributed by atoms with van der Waals surface area (Å²) in [5, 5.41) is 4.88. The third kappa shape index (κ3) is 2.20. The van der Waals surface area contributed by atoms with Crippen LogP contribution in [0.15, 0.2) is 84.9 Å². The minimum absolute atomic E-state index is 0.833. The first-order valence-electron chi connectivity index (χ1n) is 9.11. The summed E-state index contributed by atoms with van der Waals surface area (Å²) in [6.45, 7) is 0. The van der Waals surface area contributed by atoms with E-state index in [9.17, 15) is 0 Å². The molecule has 2 aliphatic heterocycles. The number of rotatable bonds is 0. The maximum atomic E-state index is 6.34. The van der Waals surface area contributed by atoms with E-state index in [-0.39, 0.29) is 0 Å². The van der Waals surface area contributed by atoms with E-state index in [1.165, 1.54) is 21.5 Å². The second-order valence-corrected chi connectivity index (χ2v) is 7.03. The van der Waals surface area contributed by atoms with E-state index in [0.717, 1.165) is 22.6 Å². The largest absolute Gasteiger partial charge is 0.445 e. The van der Waals surface area contributed by atoms with E-state index in [1.54, 1.807) is 0 Å². The van der Waals surface area contributed by atoms with Crippen LogP contribution in [-0.2, 0) is 0 Å². The van der Waals surface area contributed by atoms with Gasteiger partial charge < -0.3 is 9.47 Å². The standard InChI is InChI=1S/C25H16O2/c1-2-7-19-16-22-20(15-18(19)6-1)9-10-24-21(22)12-14-25(27-24)13-11-17-5-3-4-8-23(17)26-25/h1-16H. The lowest BCUT2D eigenvalue weighted by Gasteiger charge is -2.35. The molecule has 0 aliphatic carbocycles. The Morgan fingerprint density at radius 1 is 0.593 bits per heavy atom. The molecule has 6 rings (SSSR count). The highest BCUT2D eigenvalue weighted by molar-refractivity contribution is 6.03. The van der Waals surface area contributed by atoms with Gasteiger partial charge in [0.1, 0.15) is 11.5 Å². The molecule has 4 aromatic rings. The quantitative estimate of drug-likeness (QED) is 0.352. The zero-order chi connectivity index (χ0) is 17.8. The van der Waals surface area contributed by atoms with Gasteiger partial charge in [0.05, 0.1) is 0 Å². The van der Waals surface area contributed by atoms with Gasteiger partial charge in [0.15, 0.2) is 0 Å². The second kappa shape index (κ2) is 5.24. The van der Waals surface area contributed by atoms with Crippen LogP contribution in [0.5, 0.6) is 11.5 Å². The number of ether oxygens (including phenoxy) is 2. The lowest BCUT2D eigenvalue weighted by atomic mass is 9.96. The zero-order valence-corrected chi connectivity index (χ0v) is 14.6. The van der Waals surface area contributed by atoms with Crippen molar-refractivity contribution in [1.82, 2.24) is 0 Å². The normalized spacial score (nSPS) is 19.6. The van der Waals surface area contributed by atoms with Crippen LogP contribution in [0.25, 0.3) is 33.7 Å². The van der Waals surface area contributed by atoms with Gasteiger partial charge in [-0.05, 0) is 58.0 Å². The van der Waals surface area contributed by atoms with Gasteiger partial charge in [-0.25, -0.2) is 0 Å². The highest BCUT2D eigenvalue weighted by Gasteiger charge is 2.35. The van der Waals surface area contributed by atoms with Crippen molar-refractivity contribution in [1.29, 1.82) is 0 Å². The smallest absolute Gasteiger partial charge is 0.291 e. The summed E-state index contributed by atoms with van der Waals surface area (Å²) in [5.41, 5.74) is 2.16. The van der Waals surface area contributed by atoms with Crippen molar-refractivity contribution in [3.05, 3.63) is 96.1 Å². The van der Waals surface area contributed by atoms with Gasteiger partial charge in [-0.15, -0.1) is 0 Å². The topological polar surface area (TPSA) is 18.5 Å². The molecular weight excluding hydrogens is 332 g/mol. The third-order valence-corrected chi connectivity index (χ3v) is 5.32. The summed E-state index contributed by atoms with van der Waals surface area (Å²) < 4.78 is 12.5. The molecule has 0 amide bonds. The zero-order valence-electron chi connectivity index (χ0n) is 14.6. The average Bonchev–Trinajstić information content (AvgIpc) is 2.72. The van der Waals surface area contributed by atoms with Crippen LogP contribution in [0.1, 0.15) is 11.1 Å². The second-order valence-electron chi connectivity index (χ2n) is 7.03. The molecule has 128 valence electrons. The molecule has 0 aromatic heterocycles. The molecule has 1 spiro atoms. The molecule has 1 atom stereocenters. The molecular formula is C25H16O2. The molecule has 0 fully saturated rings. The first-order valence-corrected chi connectivity index (χ1v) is 9.11. The Balaban J connectivity index is 1.49. The average molecular weight is 348 g/mol. The van der Waals surface area contributed by atoms with Gasteiger partial charge in [0.25, 0.3) is 5.79 Å². The van der Waals surface area contributed by atoms with Crippen molar-refractivity contribution < 1.29 is 9.47 Å². The van der Waals surface area contributed by atoms with Crippen LogP contribution < -0.4 is 9.47 Å². The van der Waals surface area contributed by atoms with Crippen molar-refractivity contribution in [2.75, 3.05) is 0 Å². The van der Waals surface area contributed by atoms with E-state index in [4.69, 9.17) is 9.47 Å². The Bertz CT molecular complexity index is 1280. The highest BCUT2D eigenvalue weighted by Crippen LogP contribution is 2.41. The molecule has 0 saturated heterocycles. The Hall–Kier alpha value is -3.52. The van der Waals surface area contributed by atoms with Crippen LogP contribution in [0.3, 0.4) is 0 Å². The minimum atomic E-state index is -0.883. The van der Waals surface area contributed by atoms with Crippen LogP contribution in [-0.4, -0.2) is 5.79 Å². The maximum absolute atomic E-state index is 6.34. The molecule has 2 nitrogen and oxygen atoms in total. The molecule has 1 unspecified atom stereocenters. The Kier molecular flexibility index (Phi) is 2.84. The first-order chi connectivity index (χ1) is 13.3. The van der Waals surface area contributed by atoms with Gasteiger partial charge in [0.2, 0.25) is 0 Å². The van der Waals surface area contributed by atoms with Crippen LogP contribution in [0.2, 0.25) is 0 Å². The van der Waals surface area contributed by atoms with Crippen molar-refractivity contribution in [2.24, 2.45) is 0 Å². The number of para-hydroxylation sites is 1. The summed E-state index contributed by atoms with van der Waals surface area (Å²) in [4.78, 5) is 0. The fourth-order valence-corrected chi connectivity index (χ4v) is 3.95. The lowest BCUT2D eigenvalue weighted by Crippen LogP contribution is -2.41. The number of hydrogen-bond donors (Lipinski definition) is 0. The summed E-state index contributed by atoms with van der Waals surface area (Å²) in [5.74, 6) is 0.787.